The minimum absolute atomic E-state index is 0.0650. The predicted molar refractivity (Wildman–Crippen MR) is 86.5 cm³/mol. The maximum Gasteiger partial charge on any atom is 0.387 e. The third kappa shape index (κ3) is 3.51. The van der Waals surface area contributed by atoms with E-state index in [1.54, 1.807) is 12.1 Å². The molecule has 0 spiro atoms. The van der Waals surface area contributed by atoms with Crippen molar-refractivity contribution in [2.45, 2.75) is 13.2 Å². The third-order valence-electron chi connectivity index (χ3n) is 3.48. The van der Waals surface area contributed by atoms with Gasteiger partial charge in [-0.05, 0) is 24.3 Å². The number of methoxy groups -OCH3 is 1. The number of halogens is 2. The maximum atomic E-state index is 12.6. The second-order valence-electron chi connectivity index (χ2n) is 4.95. The molecule has 1 N–H and O–H groups in total. The number of nitrogens with zero attached hydrogens (tertiary/aromatic N) is 2. The zero-order chi connectivity index (χ0) is 16.9. The summed E-state index contributed by atoms with van der Waals surface area (Å²) in [6, 6.07) is 12.3. The zero-order valence-corrected chi connectivity index (χ0v) is 12.9. The number of ether oxygens (including phenoxy) is 2. The fourth-order valence-corrected chi connectivity index (χ4v) is 2.34. The van der Waals surface area contributed by atoms with E-state index < -0.39 is 6.61 Å². The van der Waals surface area contributed by atoms with Crippen LogP contribution in [0.3, 0.4) is 0 Å². The van der Waals surface area contributed by atoms with Crippen molar-refractivity contribution in [1.29, 1.82) is 0 Å². The Hall–Kier alpha value is -2.96. The van der Waals surface area contributed by atoms with Gasteiger partial charge in [0.05, 0.1) is 12.6 Å². The van der Waals surface area contributed by atoms with Gasteiger partial charge < -0.3 is 14.8 Å². The molecule has 1 aromatic heterocycles. The molecule has 2 aromatic carbocycles. The number of alkyl halides is 2. The number of rotatable bonds is 6. The lowest BCUT2D eigenvalue weighted by Crippen LogP contribution is -2.08. The Labute approximate surface area is 137 Å². The highest BCUT2D eigenvalue weighted by atomic mass is 19.3. The van der Waals surface area contributed by atoms with E-state index >= 15 is 0 Å². The number of benzene rings is 2. The first kappa shape index (κ1) is 15.9. The minimum Gasteiger partial charge on any atom is -0.497 e. The standard InChI is InChI=1S/C17H15F2N3O2/c1-23-12-7-6-11(15(8-12)24-17(18)19)9-20-16-13-4-2-3-5-14(13)21-10-22-16/h2-8,10,17H,9H2,1H3,(H,20,21,22). The molecule has 0 aliphatic carbocycles. The first-order valence-corrected chi connectivity index (χ1v) is 7.22. The van der Waals surface area contributed by atoms with Gasteiger partial charge >= 0.3 is 6.61 Å². The van der Waals surface area contributed by atoms with Gasteiger partial charge in [0.2, 0.25) is 0 Å². The molecule has 0 aliphatic rings. The molecule has 24 heavy (non-hydrogen) atoms. The summed E-state index contributed by atoms with van der Waals surface area (Å²) >= 11 is 0. The van der Waals surface area contributed by atoms with E-state index in [0.29, 0.717) is 17.1 Å². The van der Waals surface area contributed by atoms with Crippen molar-refractivity contribution in [1.82, 2.24) is 9.97 Å². The van der Waals surface area contributed by atoms with E-state index in [1.165, 1.54) is 19.5 Å². The third-order valence-corrected chi connectivity index (χ3v) is 3.48. The summed E-state index contributed by atoms with van der Waals surface area (Å²) < 4.78 is 34.8. The SMILES string of the molecule is COc1ccc(CNc2ncnc3ccccc23)c(OC(F)F)c1. The van der Waals surface area contributed by atoms with Crippen molar-refractivity contribution in [2.24, 2.45) is 0 Å². The molecular weight excluding hydrogens is 316 g/mol. The molecule has 0 fully saturated rings. The Morgan fingerprint density at radius 1 is 1.12 bits per heavy atom. The monoisotopic (exact) mass is 331 g/mol. The van der Waals surface area contributed by atoms with Crippen molar-refractivity contribution in [3.8, 4) is 11.5 Å². The number of anilines is 1. The van der Waals surface area contributed by atoms with Crippen LogP contribution in [0, 0.1) is 0 Å². The van der Waals surface area contributed by atoms with Gasteiger partial charge in [0.15, 0.2) is 0 Å². The molecule has 124 valence electrons. The molecule has 0 aliphatic heterocycles. The lowest BCUT2D eigenvalue weighted by Gasteiger charge is -2.14. The van der Waals surface area contributed by atoms with Crippen LogP contribution in [0.25, 0.3) is 10.9 Å². The van der Waals surface area contributed by atoms with Gasteiger partial charge in [0.25, 0.3) is 0 Å². The molecule has 0 saturated heterocycles. The second-order valence-corrected chi connectivity index (χ2v) is 4.95. The number of aromatic nitrogens is 2. The number of para-hydroxylation sites is 1. The molecule has 1 heterocycles. The molecule has 0 bridgehead atoms. The zero-order valence-electron chi connectivity index (χ0n) is 12.9. The second kappa shape index (κ2) is 7.08. The van der Waals surface area contributed by atoms with Gasteiger partial charge in [0.1, 0.15) is 23.6 Å². The fourth-order valence-electron chi connectivity index (χ4n) is 2.34. The van der Waals surface area contributed by atoms with Crippen molar-refractivity contribution < 1.29 is 18.3 Å². The first-order chi connectivity index (χ1) is 11.7. The Kier molecular flexibility index (Phi) is 4.69. The number of fused-ring (bicyclic) bond motifs is 1. The molecule has 0 saturated carbocycles. The average molecular weight is 331 g/mol. The summed E-state index contributed by atoms with van der Waals surface area (Å²) in [5.74, 6) is 1.14. The highest BCUT2D eigenvalue weighted by Gasteiger charge is 2.12. The van der Waals surface area contributed by atoms with Crippen molar-refractivity contribution in [2.75, 3.05) is 12.4 Å². The Bertz CT molecular complexity index is 838. The topological polar surface area (TPSA) is 56.3 Å². The van der Waals surface area contributed by atoms with Crippen LogP contribution < -0.4 is 14.8 Å². The molecule has 5 nitrogen and oxygen atoms in total. The minimum atomic E-state index is -2.91. The molecule has 0 amide bonds. The summed E-state index contributed by atoms with van der Waals surface area (Å²) in [6.45, 7) is -2.64. The van der Waals surface area contributed by atoms with E-state index in [0.717, 1.165) is 10.9 Å². The van der Waals surface area contributed by atoms with Crippen LogP contribution in [-0.4, -0.2) is 23.7 Å². The number of hydrogen-bond donors (Lipinski definition) is 1. The van der Waals surface area contributed by atoms with E-state index in [-0.39, 0.29) is 12.3 Å². The Morgan fingerprint density at radius 2 is 1.96 bits per heavy atom. The fraction of sp³-hybridized carbons (Fsp3) is 0.176. The van der Waals surface area contributed by atoms with Crippen molar-refractivity contribution >= 4 is 16.7 Å². The van der Waals surface area contributed by atoms with Crippen LogP contribution in [0.5, 0.6) is 11.5 Å². The first-order valence-electron chi connectivity index (χ1n) is 7.22. The molecule has 0 atom stereocenters. The summed E-state index contributed by atoms with van der Waals surface area (Å²) in [4.78, 5) is 8.40. The summed E-state index contributed by atoms with van der Waals surface area (Å²) in [5, 5.41) is 3.99. The highest BCUT2D eigenvalue weighted by molar-refractivity contribution is 5.88. The quantitative estimate of drug-likeness (QED) is 0.743. The van der Waals surface area contributed by atoms with Crippen molar-refractivity contribution in [3.63, 3.8) is 0 Å². The molecular formula is C17H15F2N3O2. The van der Waals surface area contributed by atoms with Crippen LogP contribution in [0.2, 0.25) is 0 Å². The maximum absolute atomic E-state index is 12.6. The summed E-state index contributed by atoms with van der Waals surface area (Å²) in [6.07, 6.45) is 1.45. The van der Waals surface area contributed by atoms with Gasteiger partial charge in [-0.3, -0.25) is 0 Å². The highest BCUT2D eigenvalue weighted by Crippen LogP contribution is 2.27. The van der Waals surface area contributed by atoms with Crippen LogP contribution in [0.1, 0.15) is 5.56 Å². The van der Waals surface area contributed by atoms with Gasteiger partial charge in [-0.2, -0.15) is 8.78 Å². The van der Waals surface area contributed by atoms with E-state index in [4.69, 9.17) is 4.74 Å². The van der Waals surface area contributed by atoms with Crippen molar-refractivity contribution in [3.05, 3.63) is 54.4 Å². The Balaban J connectivity index is 1.85. The molecule has 3 rings (SSSR count). The van der Waals surface area contributed by atoms with E-state index in [2.05, 4.69) is 20.0 Å². The van der Waals surface area contributed by atoms with Gasteiger partial charge in [0, 0.05) is 23.6 Å². The average Bonchev–Trinajstić information content (AvgIpc) is 2.60. The van der Waals surface area contributed by atoms with Crippen LogP contribution in [-0.2, 0) is 6.54 Å². The molecule has 0 unspecified atom stereocenters. The molecule has 3 aromatic rings. The largest absolute Gasteiger partial charge is 0.497 e. The Morgan fingerprint density at radius 3 is 2.75 bits per heavy atom. The number of hydrogen-bond acceptors (Lipinski definition) is 5. The van der Waals surface area contributed by atoms with Gasteiger partial charge in [-0.15, -0.1) is 0 Å². The molecule has 0 radical (unpaired) electrons. The van der Waals surface area contributed by atoms with Gasteiger partial charge in [-0.1, -0.05) is 12.1 Å². The molecule has 7 heteroatoms. The normalized spacial score (nSPS) is 10.8. The van der Waals surface area contributed by atoms with Gasteiger partial charge in [-0.25, -0.2) is 9.97 Å². The van der Waals surface area contributed by atoms with E-state index in [1.807, 2.05) is 24.3 Å². The van der Waals surface area contributed by atoms with E-state index in [9.17, 15) is 8.78 Å². The summed E-state index contributed by atoms with van der Waals surface area (Å²) in [7, 11) is 1.46. The number of nitrogens with one attached hydrogen (secondary N) is 1. The smallest absolute Gasteiger partial charge is 0.387 e. The van der Waals surface area contributed by atoms with Crippen LogP contribution in [0.4, 0.5) is 14.6 Å². The lowest BCUT2D eigenvalue weighted by molar-refractivity contribution is -0.0504. The lowest BCUT2D eigenvalue weighted by atomic mass is 10.2. The summed E-state index contributed by atoms with van der Waals surface area (Å²) in [5.41, 5.74) is 1.37. The predicted octanol–water partition coefficient (Wildman–Crippen LogP) is 3.85. The van der Waals surface area contributed by atoms with Crippen LogP contribution >= 0.6 is 0 Å². The van der Waals surface area contributed by atoms with Crippen LogP contribution in [0.15, 0.2) is 48.8 Å².